The van der Waals surface area contributed by atoms with Crippen LogP contribution in [0.25, 0.3) is 0 Å². The maximum absolute atomic E-state index is 6.35. The number of rotatable bonds is 3. The number of aryl methyl sites for hydroxylation is 1. The van der Waals surface area contributed by atoms with Gasteiger partial charge in [-0.2, -0.15) is 0 Å². The van der Waals surface area contributed by atoms with Crippen LogP contribution < -0.4 is 10.5 Å². The highest BCUT2D eigenvalue weighted by Gasteiger charge is 2.16. The molecule has 0 saturated heterocycles. The summed E-state index contributed by atoms with van der Waals surface area (Å²) in [7, 11) is 1.66. The number of benzene rings is 2. The second kappa shape index (κ2) is 5.55. The third kappa shape index (κ3) is 2.42. The molecule has 0 bridgehead atoms. The molecule has 0 amide bonds. The largest absolute Gasteiger partial charge is 0.496 e. The fourth-order valence-corrected chi connectivity index (χ4v) is 2.51. The van der Waals surface area contributed by atoms with Gasteiger partial charge >= 0.3 is 0 Å². The normalized spacial score (nSPS) is 12.2. The van der Waals surface area contributed by atoms with Crippen molar-refractivity contribution in [3.63, 3.8) is 0 Å². The molecule has 2 rings (SSSR count). The van der Waals surface area contributed by atoms with E-state index < -0.39 is 0 Å². The second-order valence-electron chi connectivity index (χ2n) is 4.20. The molecule has 0 fully saturated rings. The fourth-order valence-electron chi connectivity index (χ4n) is 2.00. The summed E-state index contributed by atoms with van der Waals surface area (Å²) in [5.41, 5.74) is 9.59. The minimum absolute atomic E-state index is 0.199. The molecular weight excluding hydrogens is 290 g/mol. The maximum Gasteiger partial charge on any atom is 0.123 e. The van der Waals surface area contributed by atoms with E-state index in [1.807, 2.05) is 36.4 Å². The van der Waals surface area contributed by atoms with E-state index in [1.165, 1.54) is 5.56 Å². The number of halogens is 1. The highest BCUT2D eigenvalue weighted by atomic mass is 79.9. The molecule has 0 radical (unpaired) electrons. The highest BCUT2D eigenvalue weighted by Crippen LogP contribution is 2.33. The highest BCUT2D eigenvalue weighted by molar-refractivity contribution is 9.10. The summed E-state index contributed by atoms with van der Waals surface area (Å²) < 4.78 is 6.42. The van der Waals surface area contributed by atoms with Crippen molar-refractivity contribution < 1.29 is 4.74 Å². The Morgan fingerprint density at radius 3 is 2.44 bits per heavy atom. The summed E-state index contributed by atoms with van der Waals surface area (Å²) in [6, 6.07) is 13.8. The summed E-state index contributed by atoms with van der Waals surface area (Å²) in [6.07, 6.45) is 0. The Labute approximate surface area is 116 Å². The molecule has 2 aromatic rings. The number of ether oxygens (including phenoxy) is 1. The van der Waals surface area contributed by atoms with E-state index in [4.69, 9.17) is 10.5 Å². The predicted octanol–water partition coefficient (Wildman–Crippen LogP) is 3.81. The van der Waals surface area contributed by atoms with Crippen LogP contribution in [0.5, 0.6) is 5.75 Å². The number of hydrogen-bond donors (Lipinski definition) is 1. The Bertz CT molecular complexity index is 554. The molecule has 3 heteroatoms. The molecular formula is C15H16BrNO. The lowest BCUT2D eigenvalue weighted by atomic mass is 9.97. The van der Waals surface area contributed by atoms with Gasteiger partial charge in [-0.3, -0.25) is 0 Å². The predicted molar refractivity (Wildman–Crippen MR) is 77.9 cm³/mol. The first-order chi connectivity index (χ1) is 8.65. The lowest BCUT2D eigenvalue weighted by Gasteiger charge is -2.18. The molecule has 2 aromatic carbocycles. The SMILES string of the molecule is COc1ccccc1C(N)c1cccc(C)c1Br. The number of hydrogen-bond acceptors (Lipinski definition) is 2. The average molecular weight is 306 g/mol. The molecule has 0 aliphatic rings. The fraction of sp³-hybridized carbons (Fsp3) is 0.200. The van der Waals surface area contributed by atoms with Gasteiger partial charge in [0.05, 0.1) is 13.2 Å². The molecule has 2 nitrogen and oxygen atoms in total. The van der Waals surface area contributed by atoms with Crippen LogP contribution in [0.4, 0.5) is 0 Å². The first-order valence-electron chi connectivity index (χ1n) is 5.78. The Kier molecular flexibility index (Phi) is 4.04. The molecule has 0 saturated carbocycles. The van der Waals surface area contributed by atoms with Crippen LogP contribution >= 0.6 is 15.9 Å². The minimum atomic E-state index is -0.199. The summed E-state index contributed by atoms with van der Waals surface area (Å²) in [4.78, 5) is 0. The second-order valence-corrected chi connectivity index (χ2v) is 4.99. The zero-order valence-corrected chi connectivity index (χ0v) is 12.1. The monoisotopic (exact) mass is 305 g/mol. The average Bonchev–Trinajstić information content (AvgIpc) is 2.41. The van der Waals surface area contributed by atoms with Crippen molar-refractivity contribution in [2.24, 2.45) is 5.73 Å². The van der Waals surface area contributed by atoms with Crippen LogP contribution in [-0.4, -0.2) is 7.11 Å². The van der Waals surface area contributed by atoms with Gasteiger partial charge in [-0.05, 0) is 24.1 Å². The Hall–Kier alpha value is -1.32. The van der Waals surface area contributed by atoms with E-state index in [9.17, 15) is 0 Å². The Morgan fingerprint density at radius 2 is 1.72 bits per heavy atom. The summed E-state index contributed by atoms with van der Waals surface area (Å²) in [5.74, 6) is 0.818. The van der Waals surface area contributed by atoms with E-state index in [0.717, 1.165) is 21.3 Å². The van der Waals surface area contributed by atoms with Crippen LogP contribution in [0.3, 0.4) is 0 Å². The molecule has 2 N–H and O–H groups in total. The van der Waals surface area contributed by atoms with Crippen molar-refractivity contribution in [2.45, 2.75) is 13.0 Å². The lowest BCUT2D eigenvalue weighted by Crippen LogP contribution is -2.14. The van der Waals surface area contributed by atoms with Crippen LogP contribution in [-0.2, 0) is 0 Å². The van der Waals surface area contributed by atoms with E-state index in [-0.39, 0.29) is 6.04 Å². The number of nitrogens with two attached hydrogens (primary N) is 1. The van der Waals surface area contributed by atoms with Crippen molar-refractivity contribution >= 4 is 15.9 Å². The zero-order chi connectivity index (χ0) is 13.1. The molecule has 0 aromatic heterocycles. The summed E-state index contributed by atoms with van der Waals surface area (Å²) in [5, 5.41) is 0. The van der Waals surface area contributed by atoms with E-state index in [1.54, 1.807) is 7.11 Å². The molecule has 0 spiro atoms. The van der Waals surface area contributed by atoms with E-state index in [0.29, 0.717) is 0 Å². The van der Waals surface area contributed by atoms with Crippen LogP contribution in [0.1, 0.15) is 22.7 Å². The molecule has 94 valence electrons. The van der Waals surface area contributed by atoms with Gasteiger partial charge in [0.1, 0.15) is 5.75 Å². The topological polar surface area (TPSA) is 35.2 Å². The Balaban J connectivity index is 2.48. The van der Waals surface area contributed by atoms with E-state index in [2.05, 4.69) is 28.9 Å². The molecule has 18 heavy (non-hydrogen) atoms. The van der Waals surface area contributed by atoms with Gasteiger partial charge in [-0.25, -0.2) is 0 Å². The maximum atomic E-state index is 6.35. The smallest absolute Gasteiger partial charge is 0.123 e. The molecule has 0 heterocycles. The van der Waals surface area contributed by atoms with Gasteiger partial charge in [-0.1, -0.05) is 52.3 Å². The van der Waals surface area contributed by atoms with Gasteiger partial charge in [0.2, 0.25) is 0 Å². The minimum Gasteiger partial charge on any atom is -0.496 e. The lowest BCUT2D eigenvalue weighted by molar-refractivity contribution is 0.408. The Morgan fingerprint density at radius 1 is 1.06 bits per heavy atom. The van der Waals surface area contributed by atoms with Crippen molar-refractivity contribution in [1.82, 2.24) is 0 Å². The summed E-state index contributed by atoms with van der Waals surface area (Å²) >= 11 is 3.60. The van der Waals surface area contributed by atoms with Crippen LogP contribution in [0, 0.1) is 6.92 Å². The first-order valence-corrected chi connectivity index (χ1v) is 6.58. The van der Waals surface area contributed by atoms with Gasteiger partial charge < -0.3 is 10.5 Å². The third-order valence-electron chi connectivity index (χ3n) is 3.03. The van der Waals surface area contributed by atoms with E-state index >= 15 is 0 Å². The molecule has 0 aliphatic heterocycles. The van der Waals surface area contributed by atoms with Gasteiger partial charge in [0.25, 0.3) is 0 Å². The van der Waals surface area contributed by atoms with Gasteiger partial charge in [0, 0.05) is 10.0 Å². The molecule has 0 aliphatic carbocycles. The number of methoxy groups -OCH3 is 1. The quantitative estimate of drug-likeness (QED) is 0.936. The van der Waals surface area contributed by atoms with Crippen LogP contribution in [0.2, 0.25) is 0 Å². The zero-order valence-electron chi connectivity index (χ0n) is 10.5. The first kappa shape index (κ1) is 13.1. The van der Waals surface area contributed by atoms with Crippen LogP contribution in [0.15, 0.2) is 46.9 Å². The van der Waals surface area contributed by atoms with Crippen molar-refractivity contribution in [3.05, 3.63) is 63.6 Å². The van der Waals surface area contributed by atoms with Crippen molar-refractivity contribution in [3.8, 4) is 5.75 Å². The van der Waals surface area contributed by atoms with Gasteiger partial charge in [-0.15, -0.1) is 0 Å². The third-order valence-corrected chi connectivity index (χ3v) is 4.11. The van der Waals surface area contributed by atoms with Gasteiger partial charge in [0.15, 0.2) is 0 Å². The van der Waals surface area contributed by atoms with Crippen molar-refractivity contribution in [1.29, 1.82) is 0 Å². The summed E-state index contributed by atoms with van der Waals surface area (Å²) in [6.45, 7) is 2.06. The molecule has 1 atom stereocenters. The standard InChI is InChI=1S/C15H16BrNO/c1-10-6-5-8-12(14(10)16)15(17)11-7-3-4-9-13(11)18-2/h3-9,15H,17H2,1-2H3. The number of para-hydroxylation sites is 1. The van der Waals surface area contributed by atoms with Crippen molar-refractivity contribution in [2.75, 3.05) is 7.11 Å². The molecule has 1 unspecified atom stereocenters.